The SMILES string of the molecule is CCOC(=O)C(C)NCC1CCCC(O)C1. The average Bonchev–Trinajstić information content (AvgIpc) is 2.26. The van der Waals surface area contributed by atoms with Gasteiger partial charge in [0, 0.05) is 0 Å². The molecule has 16 heavy (non-hydrogen) atoms. The van der Waals surface area contributed by atoms with Gasteiger partial charge in [-0.15, -0.1) is 0 Å². The summed E-state index contributed by atoms with van der Waals surface area (Å²) < 4.78 is 4.91. The Labute approximate surface area is 97.4 Å². The summed E-state index contributed by atoms with van der Waals surface area (Å²) in [4.78, 5) is 11.3. The van der Waals surface area contributed by atoms with E-state index in [1.54, 1.807) is 0 Å². The van der Waals surface area contributed by atoms with Crippen molar-refractivity contribution in [3.8, 4) is 0 Å². The minimum Gasteiger partial charge on any atom is -0.465 e. The molecule has 1 rings (SSSR count). The van der Waals surface area contributed by atoms with E-state index in [-0.39, 0.29) is 18.1 Å². The molecular weight excluding hydrogens is 206 g/mol. The summed E-state index contributed by atoms with van der Waals surface area (Å²) in [5.74, 6) is 0.291. The van der Waals surface area contributed by atoms with Crippen LogP contribution in [0.4, 0.5) is 0 Å². The Kier molecular flexibility index (Phi) is 5.77. The normalized spacial score (nSPS) is 27.4. The van der Waals surface area contributed by atoms with Crippen LogP contribution in [0.3, 0.4) is 0 Å². The van der Waals surface area contributed by atoms with E-state index >= 15 is 0 Å². The second-order valence-corrected chi connectivity index (χ2v) is 4.57. The molecule has 0 heterocycles. The standard InChI is InChI=1S/C12H23NO3/c1-3-16-12(15)9(2)13-8-10-5-4-6-11(14)7-10/h9-11,13-14H,3-8H2,1-2H3. The predicted molar refractivity (Wildman–Crippen MR) is 62.1 cm³/mol. The fraction of sp³-hybridized carbons (Fsp3) is 0.917. The lowest BCUT2D eigenvalue weighted by Gasteiger charge is -2.26. The molecule has 0 saturated heterocycles. The van der Waals surface area contributed by atoms with Gasteiger partial charge in [-0.25, -0.2) is 0 Å². The van der Waals surface area contributed by atoms with Crippen molar-refractivity contribution in [1.29, 1.82) is 0 Å². The van der Waals surface area contributed by atoms with Gasteiger partial charge in [0.25, 0.3) is 0 Å². The highest BCUT2D eigenvalue weighted by Gasteiger charge is 2.21. The molecule has 2 N–H and O–H groups in total. The van der Waals surface area contributed by atoms with Crippen LogP contribution in [0.25, 0.3) is 0 Å². The quantitative estimate of drug-likeness (QED) is 0.693. The highest BCUT2D eigenvalue weighted by Crippen LogP contribution is 2.23. The molecule has 0 aromatic carbocycles. The van der Waals surface area contributed by atoms with Gasteiger partial charge in [-0.05, 0) is 45.6 Å². The number of aliphatic hydroxyl groups is 1. The fourth-order valence-electron chi connectivity index (χ4n) is 2.14. The maximum absolute atomic E-state index is 11.3. The molecule has 1 fully saturated rings. The molecule has 0 radical (unpaired) electrons. The molecule has 0 aromatic heterocycles. The lowest BCUT2D eigenvalue weighted by molar-refractivity contribution is -0.145. The number of hydrogen-bond acceptors (Lipinski definition) is 4. The van der Waals surface area contributed by atoms with Crippen LogP contribution in [-0.2, 0) is 9.53 Å². The van der Waals surface area contributed by atoms with Crippen molar-refractivity contribution < 1.29 is 14.6 Å². The smallest absolute Gasteiger partial charge is 0.322 e. The number of carbonyl (C=O) groups is 1. The van der Waals surface area contributed by atoms with E-state index in [1.807, 2.05) is 13.8 Å². The van der Waals surface area contributed by atoms with E-state index < -0.39 is 0 Å². The Morgan fingerprint density at radius 1 is 1.56 bits per heavy atom. The van der Waals surface area contributed by atoms with Gasteiger partial charge < -0.3 is 15.2 Å². The average molecular weight is 229 g/mol. The number of rotatable bonds is 5. The molecule has 4 heteroatoms. The first-order valence-electron chi connectivity index (χ1n) is 6.21. The van der Waals surface area contributed by atoms with Gasteiger partial charge in [-0.2, -0.15) is 0 Å². The Balaban J connectivity index is 2.20. The first-order chi connectivity index (χ1) is 7.63. The minimum absolute atomic E-state index is 0.154. The van der Waals surface area contributed by atoms with Crippen molar-refractivity contribution in [2.45, 2.75) is 51.7 Å². The van der Waals surface area contributed by atoms with Crippen LogP contribution >= 0.6 is 0 Å². The van der Waals surface area contributed by atoms with Crippen molar-refractivity contribution in [1.82, 2.24) is 5.32 Å². The first-order valence-corrected chi connectivity index (χ1v) is 6.21. The molecule has 3 unspecified atom stereocenters. The summed E-state index contributed by atoms with van der Waals surface area (Å²) >= 11 is 0. The largest absolute Gasteiger partial charge is 0.465 e. The Hall–Kier alpha value is -0.610. The molecule has 0 aliphatic heterocycles. The van der Waals surface area contributed by atoms with Crippen LogP contribution in [0.1, 0.15) is 39.5 Å². The number of ether oxygens (including phenoxy) is 1. The first kappa shape index (κ1) is 13.5. The van der Waals surface area contributed by atoms with Crippen molar-refractivity contribution in [3.63, 3.8) is 0 Å². The summed E-state index contributed by atoms with van der Waals surface area (Å²) in [5, 5.41) is 12.7. The van der Waals surface area contributed by atoms with E-state index in [2.05, 4.69) is 5.32 Å². The zero-order chi connectivity index (χ0) is 12.0. The third-order valence-electron chi connectivity index (χ3n) is 3.11. The summed E-state index contributed by atoms with van der Waals surface area (Å²) in [6.07, 6.45) is 3.84. The van der Waals surface area contributed by atoms with Crippen molar-refractivity contribution in [2.24, 2.45) is 5.92 Å². The molecular formula is C12H23NO3. The minimum atomic E-state index is -0.251. The van der Waals surface area contributed by atoms with Crippen LogP contribution in [0.5, 0.6) is 0 Å². The van der Waals surface area contributed by atoms with Crippen LogP contribution in [0.2, 0.25) is 0 Å². The van der Waals surface area contributed by atoms with E-state index in [1.165, 1.54) is 0 Å². The third kappa shape index (κ3) is 4.49. The van der Waals surface area contributed by atoms with Crippen molar-refractivity contribution >= 4 is 5.97 Å². The van der Waals surface area contributed by atoms with E-state index in [0.717, 1.165) is 32.2 Å². The van der Waals surface area contributed by atoms with E-state index in [9.17, 15) is 9.90 Å². The topological polar surface area (TPSA) is 58.6 Å². The second-order valence-electron chi connectivity index (χ2n) is 4.57. The molecule has 1 aliphatic rings. The molecule has 0 bridgehead atoms. The van der Waals surface area contributed by atoms with Gasteiger partial charge in [0.05, 0.1) is 12.7 Å². The van der Waals surface area contributed by atoms with Gasteiger partial charge in [-0.1, -0.05) is 6.42 Å². The monoisotopic (exact) mass is 229 g/mol. The Bertz CT molecular complexity index is 220. The van der Waals surface area contributed by atoms with E-state index in [0.29, 0.717) is 12.5 Å². The molecule has 94 valence electrons. The van der Waals surface area contributed by atoms with Gasteiger partial charge in [-0.3, -0.25) is 4.79 Å². The van der Waals surface area contributed by atoms with Crippen LogP contribution in [-0.4, -0.2) is 36.4 Å². The maximum atomic E-state index is 11.3. The van der Waals surface area contributed by atoms with Crippen molar-refractivity contribution in [3.05, 3.63) is 0 Å². The lowest BCUT2D eigenvalue weighted by Crippen LogP contribution is -2.39. The van der Waals surface area contributed by atoms with Gasteiger partial charge >= 0.3 is 5.97 Å². The van der Waals surface area contributed by atoms with Crippen LogP contribution in [0.15, 0.2) is 0 Å². The van der Waals surface area contributed by atoms with Crippen LogP contribution < -0.4 is 5.32 Å². The number of aliphatic hydroxyl groups excluding tert-OH is 1. The van der Waals surface area contributed by atoms with Gasteiger partial charge in [0.1, 0.15) is 6.04 Å². The zero-order valence-electron chi connectivity index (χ0n) is 10.2. The fourth-order valence-corrected chi connectivity index (χ4v) is 2.14. The highest BCUT2D eigenvalue weighted by atomic mass is 16.5. The summed E-state index contributed by atoms with van der Waals surface area (Å²) in [7, 11) is 0. The van der Waals surface area contributed by atoms with Crippen LogP contribution in [0, 0.1) is 5.92 Å². The molecule has 1 saturated carbocycles. The highest BCUT2D eigenvalue weighted by molar-refractivity contribution is 5.75. The number of carbonyl (C=O) groups excluding carboxylic acids is 1. The third-order valence-corrected chi connectivity index (χ3v) is 3.11. The lowest BCUT2D eigenvalue weighted by atomic mass is 9.87. The summed E-state index contributed by atoms with van der Waals surface area (Å²) in [6, 6.07) is -0.251. The Morgan fingerprint density at radius 2 is 2.31 bits per heavy atom. The molecule has 4 nitrogen and oxygen atoms in total. The number of hydrogen-bond donors (Lipinski definition) is 2. The molecule has 1 aliphatic carbocycles. The predicted octanol–water partition coefficient (Wildman–Crippen LogP) is 1.08. The molecule has 0 aromatic rings. The number of nitrogens with one attached hydrogen (secondary N) is 1. The Morgan fingerprint density at radius 3 is 2.94 bits per heavy atom. The summed E-state index contributed by atoms with van der Waals surface area (Å²) in [5.41, 5.74) is 0. The number of esters is 1. The second kappa shape index (κ2) is 6.86. The van der Waals surface area contributed by atoms with Gasteiger partial charge in [0.2, 0.25) is 0 Å². The molecule has 3 atom stereocenters. The van der Waals surface area contributed by atoms with E-state index in [4.69, 9.17) is 4.74 Å². The van der Waals surface area contributed by atoms with Crippen molar-refractivity contribution in [2.75, 3.05) is 13.2 Å². The molecule has 0 amide bonds. The summed E-state index contributed by atoms with van der Waals surface area (Å²) in [6.45, 7) is 4.84. The molecule has 0 spiro atoms. The van der Waals surface area contributed by atoms with Gasteiger partial charge in [0.15, 0.2) is 0 Å². The maximum Gasteiger partial charge on any atom is 0.322 e. The zero-order valence-corrected chi connectivity index (χ0v) is 10.2.